The zero-order valence-corrected chi connectivity index (χ0v) is 12.3. The number of piperidine rings is 1. The summed E-state index contributed by atoms with van der Waals surface area (Å²) in [5.74, 6) is 0.377. The average molecular weight is 277 g/mol. The second kappa shape index (κ2) is 7.24. The number of esters is 1. The van der Waals surface area contributed by atoms with Crippen molar-refractivity contribution >= 4 is 11.7 Å². The average Bonchev–Trinajstić information content (AvgIpc) is 2.52. The Morgan fingerprint density at radius 2 is 2.25 bits per heavy atom. The summed E-state index contributed by atoms with van der Waals surface area (Å²) in [4.78, 5) is 17.9. The molecule has 0 saturated carbocycles. The molecule has 20 heavy (non-hydrogen) atoms. The number of carbonyl (C=O) groups excluding carboxylic acids is 1. The third-order valence-electron chi connectivity index (χ3n) is 3.80. The van der Waals surface area contributed by atoms with Crippen LogP contribution in [0.3, 0.4) is 0 Å². The maximum Gasteiger partial charge on any atom is 0.356 e. The molecule has 0 amide bonds. The SMILES string of the molecule is CCNCC1CCN(c2ccnc(C(=O)OC)c2)CC1. The van der Waals surface area contributed by atoms with E-state index >= 15 is 0 Å². The lowest BCUT2D eigenvalue weighted by Gasteiger charge is -2.33. The van der Waals surface area contributed by atoms with Crippen molar-refractivity contribution in [3.05, 3.63) is 24.0 Å². The van der Waals surface area contributed by atoms with Crippen LogP contribution in [0.15, 0.2) is 18.3 Å². The highest BCUT2D eigenvalue weighted by Gasteiger charge is 2.20. The van der Waals surface area contributed by atoms with Crippen molar-refractivity contribution in [3.63, 3.8) is 0 Å². The van der Waals surface area contributed by atoms with Gasteiger partial charge in [-0.25, -0.2) is 9.78 Å². The molecule has 1 aromatic heterocycles. The van der Waals surface area contributed by atoms with E-state index in [9.17, 15) is 4.79 Å². The van der Waals surface area contributed by atoms with Crippen molar-refractivity contribution in [1.29, 1.82) is 0 Å². The van der Waals surface area contributed by atoms with Gasteiger partial charge < -0.3 is 15.0 Å². The first-order valence-electron chi connectivity index (χ1n) is 7.24. The van der Waals surface area contributed by atoms with Gasteiger partial charge in [0, 0.05) is 25.0 Å². The van der Waals surface area contributed by atoms with E-state index in [-0.39, 0.29) is 5.97 Å². The lowest BCUT2D eigenvalue weighted by atomic mass is 9.96. The molecule has 0 atom stereocenters. The second-order valence-corrected chi connectivity index (χ2v) is 5.13. The van der Waals surface area contributed by atoms with Crippen molar-refractivity contribution < 1.29 is 9.53 Å². The van der Waals surface area contributed by atoms with Crippen LogP contribution in [-0.4, -0.2) is 44.2 Å². The topological polar surface area (TPSA) is 54.5 Å². The van der Waals surface area contributed by atoms with Gasteiger partial charge in [-0.3, -0.25) is 0 Å². The van der Waals surface area contributed by atoms with E-state index in [1.807, 2.05) is 12.1 Å². The van der Waals surface area contributed by atoms with Gasteiger partial charge >= 0.3 is 5.97 Å². The Morgan fingerprint density at radius 3 is 2.90 bits per heavy atom. The number of aromatic nitrogens is 1. The van der Waals surface area contributed by atoms with E-state index in [2.05, 4.69) is 22.1 Å². The molecule has 5 nitrogen and oxygen atoms in total. The Morgan fingerprint density at radius 1 is 1.50 bits per heavy atom. The fourth-order valence-electron chi connectivity index (χ4n) is 2.58. The normalized spacial score (nSPS) is 16.2. The molecule has 0 unspecified atom stereocenters. The predicted molar refractivity (Wildman–Crippen MR) is 79.1 cm³/mol. The molecule has 0 spiro atoms. The van der Waals surface area contributed by atoms with Crippen LogP contribution in [0.1, 0.15) is 30.3 Å². The molecular weight excluding hydrogens is 254 g/mol. The Bertz CT molecular complexity index is 442. The number of ether oxygens (including phenoxy) is 1. The van der Waals surface area contributed by atoms with Crippen LogP contribution < -0.4 is 10.2 Å². The fraction of sp³-hybridized carbons (Fsp3) is 0.600. The minimum Gasteiger partial charge on any atom is -0.464 e. The summed E-state index contributed by atoms with van der Waals surface area (Å²) in [7, 11) is 1.38. The van der Waals surface area contributed by atoms with Gasteiger partial charge in [0.2, 0.25) is 0 Å². The van der Waals surface area contributed by atoms with Gasteiger partial charge in [0.25, 0.3) is 0 Å². The molecule has 0 aromatic carbocycles. The molecule has 2 rings (SSSR count). The second-order valence-electron chi connectivity index (χ2n) is 5.13. The molecular formula is C15H23N3O2. The van der Waals surface area contributed by atoms with E-state index in [1.165, 1.54) is 20.0 Å². The summed E-state index contributed by atoms with van der Waals surface area (Å²) in [5.41, 5.74) is 1.43. The van der Waals surface area contributed by atoms with Gasteiger partial charge in [-0.1, -0.05) is 6.92 Å². The van der Waals surface area contributed by atoms with Gasteiger partial charge in [0.05, 0.1) is 7.11 Å². The van der Waals surface area contributed by atoms with E-state index in [1.54, 1.807) is 6.20 Å². The molecule has 1 N–H and O–H groups in total. The number of nitrogens with zero attached hydrogens (tertiary/aromatic N) is 2. The van der Waals surface area contributed by atoms with Crippen LogP contribution in [-0.2, 0) is 4.74 Å². The van der Waals surface area contributed by atoms with Crippen LogP contribution in [0, 0.1) is 5.92 Å². The number of pyridine rings is 1. The van der Waals surface area contributed by atoms with Crippen molar-refractivity contribution in [2.45, 2.75) is 19.8 Å². The third kappa shape index (κ3) is 3.70. The quantitative estimate of drug-likeness (QED) is 0.830. The van der Waals surface area contributed by atoms with Gasteiger partial charge in [-0.05, 0) is 44.0 Å². The Kier molecular flexibility index (Phi) is 5.35. The fourth-order valence-corrected chi connectivity index (χ4v) is 2.58. The van der Waals surface area contributed by atoms with Gasteiger partial charge in [0.1, 0.15) is 5.69 Å². The molecule has 5 heteroatoms. The first-order chi connectivity index (χ1) is 9.74. The van der Waals surface area contributed by atoms with E-state index in [4.69, 9.17) is 4.74 Å². The number of hydrogen-bond acceptors (Lipinski definition) is 5. The van der Waals surface area contributed by atoms with E-state index in [0.29, 0.717) is 5.69 Å². The molecule has 1 aliphatic heterocycles. The monoisotopic (exact) mass is 277 g/mol. The molecule has 0 bridgehead atoms. The maximum atomic E-state index is 11.5. The number of anilines is 1. The first-order valence-corrected chi connectivity index (χ1v) is 7.24. The van der Waals surface area contributed by atoms with Crippen LogP contribution in [0.4, 0.5) is 5.69 Å². The van der Waals surface area contributed by atoms with Gasteiger partial charge in [-0.2, -0.15) is 0 Å². The molecule has 2 heterocycles. The zero-order valence-electron chi connectivity index (χ0n) is 12.3. The van der Waals surface area contributed by atoms with Crippen molar-refractivity contribution in [1.82, 2.24) is 10.3 Å². The number of methoxy groups -OCH3 is 1. The third-order valence-corrected chi connectivity index (χ3v) is 3.80. The summed E-state index contributed by atoms with van der Waals surface area (Å²) in [6.07, 6.45) is 4.04. The first kappa shape index (κ1) is 14.8. The highest BCUT2D eigenvalue weighted by Crippen LogP contribution is 2.23. The number of hydrogen-bond donors (Lipinski definition) is 1. The molecule has 0 aliphatic carbocycles. The zero-order chi connectivity index (χ0) is 14.4. The minimum atomic E-state index is -0.381. The molecule has 1 aliphatic rings. The standard InChI is InChI=1S/C15H23N3O2/c1-3-16-11-12-5-8-18(9-6-12)13-4-7-17-14(10-13)15(19)20-2/h4,7,10,12,16H,3,5-6,8-9,11H2,1-2H3. The lowest BCUT2D eigenvalue weighted by Crippen LogP contribution is -2.37. The van der Waals surface area contributed by atoms with Crippen molar-refractivity contribution in [2.24, 2.45) is 5.92 Å². The summed E-state index contributed by atoms with van der Waals surface area (Å²) in [5, 5.41) is 3.41. The molecule has 1 saturated heterocycles. The van der Waals surface area contributed by atoms with Crippen LogP contribution >= 0.6 is 0 Å². The van der Waals surface area contributed by atoms with E-state index < -0.39 is 0 Å². The molecule has 1 aromatic rings. The highest BCUT2D eigenvalue weighted by molar-refractivity contribution is 5.88. The summed E-state index contributed by atoms with van der Waals surface area (Å²) >= 11 is 0. The molecule has 1 fully saturated rings. The molecule has 0 radical (unpaired) electrons. The van der Waals surface area contributed by atoms with Gasteiger partial charge in [-0.15, -0.1) is 0 Å². The largest absolute Gasteiger partial charge is 0.464 e. The molecule has 110 valence electrons. The van der Waals surface area contributed by atoms with Crippen LogP contribution in [0.2, 0.25) is 0 Å². The van der Waals surface area contributed by atoms with Crippen LogP contribution in [0.25, 0.3) is 0 Å². The van der Waals surface area contributed by atoms with Crippen LogP contribution in [0.5, 0.6) is 0 Å². The van der Waals surface area contributed by atoms with E-state index in [0.717, 1.165) is 37.8 Å². The van der Waals surface area contributed by atoms with Crippen molar-refractivity contribution in [2.75, 3.05) is 38.2 Å². The minimum absolute atomic E-state index is 0.375. The predicted octanol–water partition coefficient (Wildman–Crippen LogP) is 1.69. The lowest BCUT2D eigenvalue weighted by molar-refractivity contribution is 0.0594. The summed E-state index contributed by atoms with van der Waals surface area (Å²) in [6.45, 7) is 6.34. The Hall–Kier alpha value is -1.62. The highest BCUT2D eigenvalue weighted by atomic mass is 16.5. The van der Waals surface area contributed by atoms with Crippen molar-refractivity contribution in [3.8, 4) is 0 Å². The Balaban J connectivity index is 1.95. The number of rotatable bonds is 5. The number of carbonyl (C=O) groups is 1. The Labute approximate surface area is 120 Å². The van der Waals surface area contributed by atoms with Gasteiger partial charge in [0.15, 0.2) is 0 Å². The summed E-state index contributed by atoms with van der Waals surface area (Å²) in [6, 6.07) is 3.77. The smallest absolute Gasteiger partial charge is 0.356 e. The summed E-state index contributed by atoms with van der Waals surface area (Å²) < 4.78 is 4.71. The maximum absolute atomic E-state index is 11.5. The number of nitrogens with one attached hydrogen (secondary N) is 1.